The van der Waals surface area contributed by atoms with Gasteiger partial charge in [-0.05, 0) is 42.6 Å². The summed E-state index contributed by atoms with van der Waals surface area (Å²) in [4.78, 5) is 27.2. The van der Waals surface area contributed by atoms with Crippen LogP contribution < -0.4 is 16.0 Å². The normalized spacial score (nSPS) is 14.2. The minimum Gasteiger partial charge on any atom is -0.446 e. The van der Waals surface area contributed by atoms with Crippen LogP contribution in [0.25, 0.3) is 11.1 Å². The highest BCUT2D eigenvalue weighted by atomic mass is 16.6. The van der Waals surface area contributed by atoms with Gasteiger partial charge in [0.05, 0.1) is 12.1 Å². The number of piperidine rings is 1. The van der Waals surface area contributed by atoms with Gasteiger partial charge in [-0.15, -0.1) is 0 Å². The SMILES string of the molecule is CNCc1ccc(CC(=O)NCCN2CCC(OC(=O)Nc3ccccc3-c3ccccc3)CC2)cc1. The Morgan fingerprint density at radius 1 is 0.892 bits per heavy atom. The second-order valence-corrected chi connectivity index (χ2v) is 9.36. The van der Waals surface area contributed by atoms with Crippen LogP contribution in [0.5, 0.6) is 0 Å². The molecule has 0 aromatic heterocycles. The van der Waals surface area contributed by atoms with E-state index in [-0.39, 0.29) is 12.0 Å². The first-order valence-corrected chi connectivity index (χ1v) is 12.9. The van der Waals surface area contributed by atoms with E-state index >= 15 is 0 Å². The molecule has 7 nitrogen and oxygen atoms in total. The van der Waals surface area contributed by atoms with Gasteiger partial charge in [0.15, 0.2) is 0 Å². The van der Waals surface area contributed by atoms with Crippen LogP contribution in [-0.4, -0.2) is 56.2 Å². The number of rotatable bonds is 10. The Balaban J connectivity index is 1.15. The molecule has 1 fully saturated rings. The maximum Gasteiger partial charge on any atom is 0.411 e. The first kappa shape index (κ1) is 26.4. The van der Waals surface area contributed by atoms with Crippen molar-refractivity contribution < 1.29 is 14.3 Å². The third-order valence-electron chi connectivity index (χ3n) is 6.58. The third kappa shape index (κ3) is 8.17. The largest absolute Gasteiger partial charge is 0.446 e. The molecule has 1 aliphatic heterocycles. The lowest BCUT2D eigenvalue weighted by Crippen LogP contribution is -2.42. The van der Waals surface area contributed by atoms with E-state index < -0.39 is 6.09 Å². The second kappa shape index (κ2) is 13.6. The monoisotopic (exact) mass is 500 g/mol. The molecule has 4 rings (SSSR count). The Bertz CT molecular complexity index is 1140. The van der Waals surface area contributed by atoms with E-state index in [4.69, 9.17) is 4.74 Å². The molecule has 3 aromatic rings. The average molecular weight is 501 g/mol. The van der Waals surface area contributed by atoms with Gasteiger partial charge in [0.2, 0.25) is 5.91 Å². The highest BCUT2D eigenvalue weighted by Gasteiger charge is 2.22. The number of para-hydroxylation sites is 1. The van der Waals surface area contributed by atoms with Crippen LogP contribution >= 0.6 is 0 Å². The number of carbonyl (C=O) groups is 2. The zero-order valence-electron chi connectivity index (χ0n) is 21.4. The summed E-state index contributed by atoms with van der Waals surface area (Å²) < 4.78 is 5.72. The smallest absolute Gasteiger partial charge is 0.411 e. The highest BCUT2D eigenvalue weighted by Crippen LogP contribution is 2.28. The maximum atomic E-state index is 12.6. The van der Waals surface area contributed by atoms with E-state index in [0.717, 1.165) is 61.4 Å². The fourth-order valence-electron chi connectivity index (χ4n) is 4.58. The molecule has 3 aromatic carbocycles. The number of hydrogen-bond acceptors (Lipinski definition) is 5. The van der Waals surface area contributed by atoms with Crippen molar-refractivity contribution in [2.24, 2.45) is 0 Å². The summed E-state index contributed by atoms with van der Waals surface area (Å²) in [5, 5.41) is 9.06. The fourth-order valence-corrected chi connectivity index (χ4v) is 4.58. The molecule has 1 aliphatic rings. The van der Waals surface area contributed by atoms with E-state index in [1.54, 1.807) is 0 Å². The molecule has 0 aliphatic carbocycles. The van der Waals surface area contributed by atoms with E-state index in [0.29, 0.717) is 13.0 Å². The number of benzene rings is 3. The molecular weight excluding hydrogens is 464 g/mol. The molecule has 37 heavy (non-hydrogen) atoms. The van der Waals surface area contributed by atoms with Crippen molar-refractivity contribution in [2.75, 3.05) is 38.5 Å². The Hall–Kier alpha value is -3.68. The van der Waals surface area contributed by atoms with E-state index in [1.165, 1.54) is 5.56 Å². The van der Waals surface area contributed by atoms with Crippen LogP contribution in [0.15, 0.2) is 78.9 Å². The quantitative estimate of drug-likeness (QED) is 0.383. The van der Waals surface area contributed by atoms with Gasteiger partial charge in [0.25, 0.3) is 0 Å². The minimum atomic E-state index is -0.423. The molecular formula is C30H36N4O3. The van der Waals surface area contributed by atoms with E-state index in [1.807, 2.05) is 85.9 Å². The fraction of sp³-hybridized carbons (Fsp3) is 0.333. The second-order valence-electron chi connectivity index (χ2n) is 9.36. The number of nitrogens with zero attached hydrogens (tertiary/aromatic N) is 1. The number of likely N-dealkylation sites (tertiary alicyclic amines) is 1. The van der Waals surface area contributed by atoms with E-state index in [9.17, 15) is 9.59 Å². The molecule has 0 spiro atoms. The van der Waals surface area contributed by atoms with Crippen molar-refractivity contribution in [1.29, 1.82) is 0 Å². The van der Waals surface area contributed by atoms with Crippen LogP contribution in [0.1, 0.15) is 24.0 Å². The molecule has 7 heteroatoms. The Kier molecular flexibility index (Phi) is 9.68. The zero-order valence-corrected chi connectivity index (χ0v) is 21.4. The van der Waals surface area contributed by atoms with Crippen molar-refractivity contribution >= 4 is 17.7 Å². The lowest BCUT2D eigenvalue weighted by molar-refractivity contribution is -0.120. The van der Waals surface area contributed by atoms with Crippen LogP contribution in [-0.2, 0) is 22.5 Å². The first-order chi connectivity index (χ1) is 18.1. The molecule has 0 unspecified atom stereocenters. The molecule has 1 heterocycles. The van der Waals surface area contributed by atoms with Gasteiger partial charge in [0.1, 0.15) is 6.10 Å². The molecule has 194 valence electrons. The van der Waals surface area contributed by atoms with Gasteiger partial charge in [0, 0.05) is 38.3 Å². The van der Waals surface area contributed by atoms with Crippen molar-refractivity contribution in [2.45, 2.75) is 31.9 Å². The number of amides is 2. The van der Waals surface area contributed by atoms with Crippen molar-refractivity contribution in [3.63, 3.8) is 0 Å². The summed E-state index contributed by atoms with van der Waals surface area (Å²) in [7, 11) is 1.92. The van der Waals surface area contributed by atoms with Crippen LogP contribution in [0.3, 0.4) is 0 Å². The Morgan fingerprint density at radius 3 is 2.30 bits per heavy atom. The summed E-state index contributed by atoms with van der Waals surface area (Å²) in [6.07, 6.45) is 1.41. The average Bonchev–Trinajstić information content (AvgIpc) is 2.92. The summed E-state index contributed by atoms with van der Waals surface area (Å²) in [6.45, 7) is 3.89. The number of hydrogen-bond donors (Lipinski definition) is 3. The standard InChI is InChI=1S/C30H36N4O3/c1-31-22-24-13-11-23(12-14-24)21-29(35)32-17-20-34-18-15-26(16-19-34)37-30(36)33-28-10-6-5-9-27(28)25-7-3-2-4-8-25/h2-14,26,31H,15-22H2,1H3,(H,32,35)(H,33,36). The Labute approximate surface area is 219 Å². The Morgan fingerprint density at radius 2 is 1.57 bits per heavy atom. The van der Waals surface area contributed by atoms with Gasteiger partial charge >= 0.3 is 6.09 Å². The van der Waals surface area contributed by atoms with Gasteiger partial charge < -0.3 is 20.3 Å². The number of nitrogens with one attached hydrogen (secondary N) is 3. The van der Waals surface area contributed by atoms with Gasteiger partial charge in [-0.25, -0.2) is 4.79 Å². The molecule has 0 bridgehead atoms. The highest BCUT2D eigenvalue weighted by molar-refractivity contribution is 5.91. The molecule has 3 N–H and O–H groups in total. The summed E-state index contributed by atoms with van der Waals surface area (Å²) in [5.41, 5.74) is 4.96. The van der Waals surface area contributed by atoms with Crippen molar-refractivity contribution in [3.8, 4) is 11.1 Å². The first-order valence-electron chi connectivity index (χ1n) is 12.9. The lowest BCUT2D eigenvalue weighted by atomic mass is 10.0. The number of carbonyl (C=O) groups excluding carboxylic acids is 2. The molecule has 0 saturated carbocycles. The van der Waals surface area contributed by atoms with Crippen LogP contribution in [0, 0.1) is 0 Å². The van der Waals surface area contributed by atoms with Crippen LogP contribution in [0.4, 0.5) is 10.5 Å². The topological polar surface area (TPSA) is 82.7 Å². The van der Waals surface area contributed by atoms with Gasteiger partial charge in [-0.2, -0.15) is 0 Å². The van der Waals surface area contributed by atoms with Crippen LogP contribution in [0.2, 0.25) is 0 Å². The molecule has 2 amide bonds. The van der Waals surface area contributed by atoms with Crippen molar-refractivity contribution in [3.05, 3.63) is 90.0 Å². The van der Waals surface area contributed by atoms with E-state index in [2.05, 4.69) is 20.9 Å². The number of anilines is 1. The minimum absolute atomic E-state index is 0.0343. The van der Waals surface area contributed by atoms with Gasteiger partial charge in [-0.3, -0.25) is 10.1 Å². The predicted molar refractivity (Wildman–Crippen MR) is 147 cm³/mol. The lowest BCUT2D eigenvalue weighted by Gasteiger charge is -2.31. The summed E-state index contributed by atoms with van der Waals surface area (Å²) >= 11 is 0. The zero-order chi connectivity index (χ0) is 25.9. The molecule has 0 radical (unpaired) electrons. The maximum absolute atomic E-state index is 12.6. The third-order valence-corrected chi connectivity index (χ3v) is 6.58. The molecule has 1 saturated heterocycles. The number of ether oxygens (including phenoxy) is 1. The summed E-state index contributed by atoms with van der Waals surface area (Å²) in [6, 6.07) is 25.8. The predicted octanol–water partition coefficient (Wildman–Crippen LogP) is 4.44. The molecule has 0 atom stereocenters. The summed E-state index contributed by atoms with van der Waals surface area (Å²) in [5.74, 6) is 0.0343. The van der Waals surface area contributed by atoms with Crippen molar-refractivity contribution in [1.82, 2.24) is 15.5 Å². The van der Waals surface area contributed by atoms with Gasteiger partial charge in [-0.1, -0.05) is 72.8 Å².